The molecule has 1 heterocycles. The quantitative estimate of drug-likeness (QED) is 0.747. The number of furan rings is 1. The van der Waals surface area contributed by atoms with E-state index >= 15 is 0 Å². The molecule has 0 spiro atoms. The fourth-order valence-electron chi connectivity index (χ4n) is 2.68. The van der Waals surface area contributed by atoms with Crippen molar-refractivity contribution in [2.24, 2.45) is 0 Å². The lowest BCUT2D eigenvalue weighted by Gasteiger charge is -2.21. The summed E-state index contributed by atoms with van der Waals surface area (Å²) in [6.07, 6.45) is 5.02. The van der Waals surface area contributed by atoms with Crippen LogP contribution in [0, 0.1) is 0 Å². The lowest BCUT2D eigenvalue weighted by molar-refractivity contribution is 0.114. The standard InChI is InChI=1S/C19H25NO3/c1-15(18-9-11-22-14-18)13-17(16-7-5-4-6-8-16)10-12-23-19(21)20(2)3/h4-9,11,14-15,17H,10,12-13H2,1-3H3/t15-,17-/m0/s1. The Kier molecular flexibility index (Phi) is 6.27. The molecule has 0 aliphatic heterocycles. The summed E-state index contributed by atoms with van der Waals surface area (Å²) in [6.45, 7) is 2.63. The molecule has 0 N–H and O–H groups in total. The lowest BCUT2D eigenvalue weighted by Crippen LogP contribution is -2.23. The van der Waals surface area contributed by atoms with Gasteiger partial charge in [-0.25, -0.2) is 4.79 Å². The van der Waals surface area contributed by atoms with Crippen molar-refractivity contribution in [2.45, 2.75) is 31.6 Å². The Morgan fingerprint density at radius 1 is 1.17 bits per heavy atom. The molecule has 0 saturated carbocycles. The average molecular weight is 315 g/mol. The molecule has 0 saturated heterocycles. The first kappa shape index (κ1) is 17.1. The SMILES string of the molecule is C[C@@H](C[C@H](CCOC(=O)N(C)C)c1ccccc1)c1ccoc1. The smallest absolute Gasteiger partial charge is 0.409 e. The summed E-state index contributed by atoms with van der Waals surface area (Å²) in [6, 6.07) is 12.4. The molecular weight excluding hydrogens is 290 g/mol. The van der Waals surface area contributed by atoms with Gasteiger partial charge >= 0.3 is 6.09 Å². The highest BCUT2D eigenvalue weighted by molar-refractivity contribution is 5.66. The summed E-state index contributed by atoms with van der Waals surface area (Å²) in [5.41, 5.74) is 2.49. The molecule has 0 radical (unpaired) electrons. The maximum atomic E-state index is 11.6. The summed E-state index contributed by atoms with van der Waals surface area (Å²) in [5, 5.41) is 0. The Balaban J connectivity index is 1.99. The van der Waals surface area contributed by atoms with Crippen LogP contribution in [0.15, 0.2) is 53.3 Å². The molecule has 0 bridgehead atoms. The second-order valence-electron chi connectivity index (χ2n) is 6.10. The van der Waals surface area contributed by atoms with E-state index in [1.807, 2.05) is 12.1 Å². The first-order valence-electron chi connectivity index (χ1n) is 7.99. The number of rotatable bonds is 7. The minimum atomic E-state index is -0.292. The zero-order chi connectivity index (χ0) is 16.7. The summed E-state index contributed by atoms with van der Waals surface area (Å²) in [7, 11) is 3.38. The van der Waals surface area contributed by atoms with Gasteiger partial charge in [0.15, 0.2) is 0 Å². The van der Waals surface area contributed by atoms with E-state index in [-0.39, 0.29) is 6.09 Å². The topological polar surface area (TPSA) is 42.7 Å². The minimum Gasteiger partial charge on any atom is -0.472 e. The zero-order valence-electron chi connectivity index (χ0n) is 14.1. The van der Waals surface area contributed by atoms with Crippen LogP contribution >= 0.6 is 0 Å². The van der Waals surface area contributed by atoms with E-state index in [0.717, 1.165) is 12.8 Å². The third-order valence-corrected chi connectivity index (χ3v) is 4.08. The van der Waals surface area contributed by atoms with Gasteiger partial charge in [0.1, 0.15) is 0 Å². The molecule has 2 atom stereocenters. The van der Waals surface area contributed by atoms with Gasteiger partial charge in [0.05, 0.1) is 19.1 Å². The van der Waals surface area contributed by atoms with Gasteiger partial charge in [-0.15, -0.1) is 0 Å². The number of carbonyl (C=O) groups is 1. The number of hydrogen-bond donors (Lipinski definition) is 0. The molecule has 2 aromatic rings. The van der Waals surface area contributed by atoms with Crippen molar-refractivity contribution >= 4 is 6.09 Å². The van der Waals surface area contributed by atoms with Crippen molar-refractivity contribution < 1.29 is 13.9 Å². The largest absolute Gasteiger partial charge is 0.472 e. The van der Waals surface area contributed by atoms with E-state index in [1.165, 1.54) is 16.0 Å². The summed E-state index contributed by atoms with van der Waals surface area (Å²) < 4.78 is 10.5. The summed E-state index contributed by atoms with van der Waals surface area (Å²) in [5.74, 6) is 0.736. The van der Waals surface area contributed by atoms with E-state index in [4.69, 9.17) is 9.15 Å². The van der Waals surface area contributed by atoms with Gasteiger partial charge in [0.2, 0.25) is 0 Å². The van der Waals surface area contributed by atoms with Crippen LogP contribution in [-0.2, 0) is 4.74 Å². The second-order valence-corrected chi connectivity index (χ2v) is 6.10. The molecule has 1 aromatic heterocycles. The van der Waals surface area contributed by atoms with Crippen LogP contribution < -0.4 is 0 Å². The van der Waals surface area contributed by atoms with Crippen LogP contribution in [0.5, 0.6) is 0 Å². The zero-order valence-corrected chi connectivity index (χ0v) is 14.1. The predicted octanol–water partition coefficient (Wildman–Crippen LogP) is 4.65. The molecule has 124 valence electrons. The van der Waals surface area contributed by atoms with Gasteiger partial charge in [0, 0.05) is 14.1 Å². The van der Waals surface area contributed by atoms with E-state index < -0.39 is 0 Å². The lowest BCUT2D eigenvalue weighted by atomic mass is 9.85. The Labute approximate surface area is 138 Å². The third-order valence-electron chi connectivity index (χ3n) is 4.08. The molecular formula is C19H25NO3. The van der Waals surface area contributed by atoms with Crippen LogP contribution in [0.25, 0.3) is 0 Å². The van der Waals surface area contributed by atoms with Crippen LogP contribution in [0.1, 0.15) is 42.7 Å². The normalized spacial score (nSPS) is 13.3. The Morgan fingerprint density at radius 2 is 1.91 bits per heavy atom. The van der Waals surface area contributed by atoms with E-state index in [1.54, 1.807) is 26.6 Å². The van der Waals surface area contributed by atoms with Gasteiger partial charge in [-0.05, 0) is 41.9 Å². The Morgan fingerprint density at radius 3 is 2.52 bits per heavy atom. The number of nitrogens with zero attached hydrogens (tertiary/aromatic N) is 1. The van der Waals surface area contributed by atoms with Gasteiger partial charge in [-0.3, -0.25) is 0 Å². The summed E-state index contributed by atoms with van der Waals surface area (Å²) in [4.78, 5) is 13.0. The van der Waals surface area contributed by atoms with E-state index in [2.05, 4.69) is 31.2 Å². The first-order valence-corrected chi connectivity index (χ1v) is 7.99. The molecule has 2 rings (SSSR count). The molecule has 4 nitrogen and oxygen atoms in total. The monoisotopic (exact) mass is 315 g/mol. The second kappa shape index (κ2) is 8.42. The third kappa shape index (κ3) is 5.16. The molecule has 0 aliphatic carbocycles. The Bertz CT molecular complexity index is 578. The van der Waals surface area contributed by atoms with Crippen LogP contribution in [0.2, 0.25) is 0 Å². The van der Waals surface area contributed by atoms with Crippen molar-refractivity contribution in [1.82, 2.24) is 4.90 Å². The molecule has 0 fully saturated rings. The van der Waals surface area contributed by atoms with E-state index in [9.17, 15) is 4.79 Å². The number of ether oxygens (including phenoxy) is 1. The highest BCUT2D eigenvalue weighted by atomic mass is 16.6. The van der Waals surface area contributed by atoms with Crippen molar-refractivity contribution in [3.8, 4) is 0 Å². The fraction of sp³-hybridized carbons (Fsp3) is 0.421. The average Bonchev–Trinajstić information content (AvgIpc) is 3.09. The van der Waals surface area contributed by atoms with Crippen molar-refractivity contribution in [3.63, 3.8) is 0 Å². The van der Waals surface area contributed by atoms with Crippen molar-refractivity contribution in [1.29, 1.82) is 0 Å². The highest BCUT2D eigenvalue weighted by Gasteiger charge is 2.18. The number of carbonyl (C=O) groups excluding carboxylic acids is 1. The number of hydrogen-bond acceptors (Lipinski definition) is 3. The molecule has 1 amide bonds. The number of benzene rings is 1. The van der Waals surface area contributed by atoms with Gasteiger partial charge < -0.3 is 14.1 Å². The fourth-order valence-corrected chi connectivity index (χ4v) is 2.68. The number of amides is 1. The molecule has 0 aliphatic rings. The first-order chi connectivity index (χ1) is 11.1. The van der Waals surface area contributed by atoms with Crippen molar-refractivity contribution in [2.75, 3.05) is 20.7 Å². The predicted molar refractivity (Wildman–Crippen MR) is 90.6 cm³/mol. The molecule has 1 aromatic carbocycles. The molecule has 23 heavy (non-hydrogen) atoms. The van der Waals surface area contributed by atoms with Crippen molar-refractivity contribution in [3.05, 3.63) is 60.1 Å². The minimum absolute atomic E-state index is 0.292. The van der Waals surface area contributed by atoms with Gasteiger partial charge in [0.25, 0.3) is 0 Å². The maximum absolute atomic E-state index is 11.6. The van der Waals surface area contributed by atoms with Crippen LogP contribution in [0.3, 0.4) is 0 Å². The van der Waals surface area contributed by atoms with Crippen LogP contribution in [0.4, 0.5) is 4.79 Å². The maximum Gasteiger partial charge on any atom is 0.409 e. The highest BCUT2D eigenvalue weighted by Crippen LogP contribution is 2.32. The van der Waals surface area contributed by atoms with Gasteiger partial charge in [-0.1, -0.05) is 37.3 Å². The molecule has 0 unspecified atom stereocenters. The molecule has 4 heteroatoms. The van der Waals surface area contributed by atoms with Crippen LogP contribution in [-0.4, -0.2) is 31.7 Å². The Hall–Kier alpha value is -2.23. The summed E-state index contributed by atoms with van der Waals surface area (Å²) >= 11 is 0. The van der Waals surface area contributed by atoms with Gasteiger partial charge in [-0.2, -0.15) is 0 Å². The van der Waals surface area contributed by atoms with E-state index in [0.29, 0.717) is 18.4 Å².